The Bertz CT molecular complexity index is 552. The molecule has 0 aromatic carbocycles. The highest BCUT2D eigenvalue weighted by Gasteiger charge is 2.05. The molecule has 1 aromatic rings. The number of nitrogens with zero attached hydrogens (tertiary/aromatic N) is 2. The van der Waals surface area contributed by atoms with Gasteiger partial charge in [0.25, 0.3) is 0 Å². The molecule has 0 unspecified atom stereocenters. The molecule has 7 nitrogen and oxygen atoms in total. The molecule has 10 heteroatoms. The van der Waals surface area contributed by atoms with Crippen LogP contribution in [0.5, 0.6) is 0 Å². The minimum Gasteiger partial charge on any atom is -0.355 e. The van der Waals surface area contributed by atoms with Crippen molar-refractivity contribution in [1.29, 1.82) is 0 Å². The highest BCUT2D eigenvalue weighted by atomic mass is 127. The summed E-state index contributed by atoms with van der Waals surface area (Å²) < 4.78 is 24.2. The number of sulfonamides is 1. The van der Waals surface area contributed by atoms with Crippen LogP contribution in [0.3, 0.4) is 0 Å². The van der Waals surface area contributed by atoms with Crippen LogP contribution in [0.4, 0.5) is 0 Å². The normalized spacial score (nSPS) is 11.9. The molecule has 0 bridgehead atoms. The van der Waals surface area contributed by atoms with Crippen molar-refractivity contribution < 1.29 is 8.42 Å². The Morgan fingerprint density at radius 1 is 1.29 bits per heavy atom. The second kappa shape index (κ2) is 9.54. The summed E-state index contributed by atoms with van der Waals surface area (Å²) in [4.78, 5) is 9.70. The first-order chi connectivity index (χ1) is 9.31. The van der Waals surface area contributed by atoms with E-state index in [-0.39, 0.29) is 24.0 Å². The van der Waals surface area contributed by atoms with Crippen LogP contribution in [0.2, 0.25) is 0 Å². The minimum atomic E-state index is -3.14. The molecule has 3 N–H and O–H groups in total. The van der Waals surface area contributed by atoms with Gasteiger partial charge >= 0.3 is 0 Å². The smallest absolute Gasteiger partial charge is 0.208 e. The monoisotopic (exact) mass is 447 g/mol. The second-order valence-electron chi connectivity index (χ2n) is 4.27. The second-order valence-corrected chi connectivity index (χ2v) is 7.39. The fraction of sp³-hybridized carbons (Fsp3) is 0.636. The lowest BCUT2D eigenvalue weighted by molar-refractivity contribution is 0.586. The zero-order valence-corrected chi connectivity index (χ0v) is 16.5. The molecule has 0 amide bonds. The number of aryl methyl sites for hydroxylation is 2. The van der Waals surface area contributed by atoms with Gasteiger partial charge in [0.15, 0.2) is 5.96 Å². The van der Waals surface area contributed by atoms with E-state index in [2.05, 4.69) is 25.3 Å². The summed E-state index contributed by atoms with van der Waals surface area (Å²) in [5.74, 6) is 0.616. The van der Waals surface area contributed by atoms with E-state index in [0.29, 0.717) is 25.6 Å². The van der Waals surface area contributed by atoms with Crippen molar-refractivity contribution in [1.82, 2.24) is 20.3 Å². The maximum atomic E-state index is 10.9. The van der Waals surface area contributed by atoms with Crippen molar-refractivity contribution in [2.45, 2.75) is 20.4 Å². The van der Waals surface area contributed by atoms with Gasteiger partial charge in [0.1, 0.15) is 5.01 Å². The van der Waals surface area contributed by atoms with E-state index in [4.69, 9.17) is 0 Å². The molecule has 122 valence electrons. The molecule has 0 saturated heterocycles. The van der Waals surface area contributed by atoms with E-state index < -0.39 is 10.0 Å². The fourth-order valence-corrected chi connectivity index (χ4v) is 2.76. The lowest BCUT2D eigenvalue weighted by Gasteiger charge is -2.10. The van der Waals surface area contributed by atoms with Gasteiger partial charge in [0.05, 0.1) is 18.5 Å². The Kier molecular flexibility index (Phi) is 9.33. The topological polar surface area (TPSA) is 95.5 Å². The highest BCUT2D eigenvalue weighted by Crippen LogP contribution is 2.15. The van der Waals surface area contributed by atoms with Crippen molar-refractivity contribution in [3.8, 4) is 0 Å². The number of halogens is 1. The molecule has 1 rings (SSSR count). The Morgan fingerprint density at radius 2 is 1.95 bits per heavy atom. The third-order valence-corrected chi connectivity index (χ3v) is 4.29. The van der Waals surface area contributed by atoms with E-state index in [9.17, 15) is 8.42 Å². The van der Waals surface area contributed by atoms with Crippen molar-refractivity contribution in [3.63, 3.8) is 0 Å². The number of aromatic nitrogens is 1. The van der Waals surface area contributed by atoms with Crippen LogP contribution in [0.25, 0.3) is 0 Å². The standard InChI is InChI=1S/C11H21N5O2S2.HI/c1-8-9(2)19-10(16-8)7-14-11(12-3)13-5-6-15-20(4,17)18;/h15H,5-7H2,1-4H3,(H2,12,13,14);1H. The van der Waals surface area contributed by atoms with Gasteiger partial charge in [-0.25, -0.2) is 18.1 Å². The number of hydrogen-bond acceptors (Lipinski definition) is 5. The van der Waals surface area contributed by atoms with Gasteiger partial charge in [0.2, 0.25) is 10.0 Å². The maximum absolute atomic E-state index is 10.9. The van der Waals surface area contributed by atoms with Crippen LogP contribution < -0.4 is 15.4 Å². The van der Waals surface area contributed by atoms with Crippen molar-refractivity contribution >= 4 is 51.3 Å². The lowest BCUT2D eigenvalue weighted by Crippen LogP contribution is -2.41. The van der Waals surface area contributed by atoms with Crippen molar-refractivity contribution in [2.75, 3.05) is 26.4 Å². The average molecular weight is 447 g/mol. The lowest BCUT2D eigenvalue weighted by atomic mass is 10.4. The molecule has 0 radical (unpaired) electrons. The van der Waals surface area contributed by atoms with E-state index in [1.165, 1.54) is 4.88 Å². The van der Waals surface area contributed by atoms with Crippen LogP contribution in [-0.2, 0) is 16.6 Å². The molecule has 0 spiro atoms. The summed E-state index contributed by atoms with van der Waals surface area (Å²) >= 11 is 1.65. The van der Waals surface area contributed by atoms with Crippen LogP contribution in [0.1, 0.15) is 15.6 Å². The van der Waals surface area contributed by atoms with Crippen LogP contribution in [-0.4, -0.2) is 45.8 Å². The van der Waals surface area contributed by atoms with Crippen LogP contribution in [0.15, 0.2) is 4.99 Å². The van der Waals surface area contributed by atoms with Gasteiger partial charge < -0.3 is 10.6 Å². The molecule has 1 aromatic heterocycles. The first-order valence-corrected chi connectivity index (χ1v) is 8.84. The Hall–Kier alpha value is -0.460. The summed E-state index contributed by atoms with van der Waals surface area (Å²) in [6, 6.07) is 0. The third kappa shape index (κ3) is 8.53. The van der Waals surface area contributed by atoms with Gasteiger partial charge in [-0.3, -0.25) is 4.99 Å². The van der Waals surface area contributed by atoms with Gasteiger partial charge in [0, 0.05) is 25.0 Å². The third-order valence-electron chi connectivity index (χ3n) is 2.49. The summed E-state index contributed by atoms with van der Waals surface area (Å²) in [5, 5.41) is 7.15. The van der Waals surface area contributed by atoms with E-state index in [1.807, 2.05) is 13.8 Å². The highest BCUT2D eigenvalue weighted by molar-refractivity contribution is 14.0. The maximum Gasteiger partial charge on any atom is 0.208 e. The van der Waals surface area contributed by atoms with Crippen molar-refractivity contribution in [2.24, 2.45) is 4.99 Å². The molecule has 0 aliphatic heterocycles. The van der Waals surface area contributed by atoms with Crippen LogP contribution >= 0.6 is 35.3 Å². The van der Waals surface area contributed by atoms with Gasteiger partial charge in [-0.05, 0) is 13.8 Å². The van der Waals surface area contributed by atoms with Gasteiger partial charge in [-0.2, -0.15) is 0 Å². The number of guanidine groups is 1. The average Bonchev–Trinajstić information content (AvgIpc) is 2.66. The molecule has 0 saturated carbocycles. The van der Waals surface area contributed by atoms with E-state index in [1.54, 1.807) is 18.4 Å². The molecular weight excluding hydrogens is 425 g/mol. The summed E-state index contributed by atoms with van der Waals surface area (Å²) in [5.41, 5.74) is 1.05. The largest absolute Gasteiger partial charge is 0.355 e. The Labute approximate surface area is 147 Å². The SMILES string of the molecule is CN=C(NCCNS(C)(=O)=O)NCc1nc(C)c(C)s1.I. The number of rotatable bonds is 6. The molecule has 0 atom stereocenters. The number of nitrogens with one attached hydrogen (secondary N) is 3. The fourth-order valence-electron chi connectivity index (χ4n) is 1.41. The molecule has 21 heavy (non-hydrogen) atoms. The number of hydrogen-bond donors (Lipinski definition) is 3. The summed E-state index contributed by atoms with van der Waals surface area (Å²) in [6.45, 7) is 5.40. The van der Waals surface area contributed by atoms with Gasteiger partial charge in [-0.15, -0.1) is 35.3 Å². The molecule has 0 aliphatic carbocycles. The zero-order valence-electron chi connectivity index (χ0n) is 12.6. The Morgan fingerprint density at radius 3 is 2.43 bits per heavy atom. The van der Waals surface area contributed by atoms with Crippen LogP contribution in [0, 0.1) is 13.8 Å². The quantitative estimate of drug-likeness (QED) is 0.257. The molecular formula is C11H22IN5O2S2. The first kappa shape index (κ1) is 20.5. The molecule has 0 fully saturated rings. The van der Waals surface area contributed by atoms with Crippen molar-refractivity contribution in [3.05, 3.63) is 15.6 Å². The summed E-state index contributed by atoms with van der Waals surface area (Å²) in [6.07, 6.45) is 1.13. The molecule has 1 heterocycles. The summed E-state index contributed by atoms with van der Waals surface area (Å²) in [7, 11) is -1.48. The minimum absolute atomic E-state index is 0. The molecule has 0 aliphatic rings. The van der Waals surface area contributed by atoms with Gasteiger partial charge in [-0.1, -0.05) is 0 Å². The number of aliphatic imine (C=N–C) groups is 1. The predicted octanol–water partition coefficient (Wildman–Crippen LogP) is 0.592. The number of thiazole rings is 1. The zero-order chi connectivity index (χ0) is 15.2. The van der Waals surface area contributed by atoms with E-state index >= 15 is 0 Å². The Balaban J connectivity index is 0.00000400. The first-order valence-electron chi connectivity index (χ1n) is 6.14. The predicted molar refractivity (Wildman–Crippen MR) is 98.1 cm³/mol. The van der Waals surface area contributed by atoms with E-state index in [0.717, 1.165) is 17.0 Å².